The van der Waals surface area contributed by atoms with Crippen LogP contribution in [-0.4, -0.2) is 15.2 Å². The average molecular weight is 227 g/mol. The van der Waals surface area contributed by atoms with Gasteiger partial charge in [-0.2, -0.15) is 5.10 Å². The number of fused-ring (bicyclic) bond motifs is 5. The molecule has 0 fully saturated rings. The number of hydrogen-bond acceptors (Lipinski definition) is 3. The fourth-order valence-electron chi connectivity index (χ4n) is 2.45. The van der Waals surface area contributed by atoms with Crippen molar-refractivity contribution in [1.82, 2.24) is 15.2 Å². The van der Waals surface area contributed by atoms with E-state index >= 15 is 0 Å². The Kier molecular flexibility index (Phi) is 1.54. The Hall–Kier alpha value is -1.68. The van der Waals surface area contributed by atoms with Crippen molar-refractivity contribution in [3.05, 3.63) is 34.3 Å². The third-order valence-electron chi connectivity index (χ3n) is 3.20. The van der Waals surface area contributed by atoms with E-state index in [1.165, 1.54) is 21.6 Å². The smallest absolute Gasteiger partial charge is 0.155 e. The van der Waals surface area contributed by atoms with Crippen LogP contribution in [0, 0.1) is 0 Å². The van der Waals surface area contributed by atoms with Gasteiger partial charge in [-0.25, -0.2) is 4.98 Å². The summed E-state index contributed by atoms with van der Waals surface area (Å²) in [5.74, 6) is 0. The number of H-pyrrole nitrogens is 1. The topological polar surface area (TPSA) is 41.6 Å². The summed E-state index contributed by atoms with van der Waals surface area (Å²) in [6.07, 6.45) is 6.10. The van der Waals surface area contributed by atoms with Crippen LogP contribution in [-0.2, 0) is 12.8 Å². The Morgan fingerprint density at radius 2 is 2.25 bits per heavy atom. The molecule has 0 saturated carbocycles. The minimum atomic E-state index is 0.887. The van der Waals surface area contributed by atoms with Gasteiger partial charge in [0, 0.05) is 22.0 Å². The molecular weight excluding hydrogens is 218 g/mol. The number of hydrogen-bond donors (Lipinski definition) is 1. The molecule has 1 N–H and O–H groups in total. The van der Waals surface area contributed by atoms with Crippen molar-refractivity contribution in [2.24, 2.45) is 0 Å². The van der Waals surface area contributed by atoms with Crippen molar-refractivity contribution in [3.63, 3.8) is 0 Å². The Morgan fingerprint density at radius 1 is 1.25 bits per heavy atom. The molecule has 3 nitrogen and oxygen atoms in total. The quantitative estimate of drug-likeness (QED) is 0.641. The maximum absolute atomic E-state index is 4.40. The molecule has 3 heterocycles. The number of aromatic nitrogens is 3. The van der Waals surface area contributed by atoms with Gasteiger partial charge in [-0.1, -0.05) is 0 Å². The van der Waals surface area contributed by atoms with E-state index in [4.69, 9.17) is 0 Å². The first-order chi connectivity index (χ1) is 7.93. The van der Waals surface area contributed by atoms with Gasteiger partial charge >= 0.3 is 0 Å². The maximum Gasteiger partial charge on any atom is 0.155 e. The van der Waals surface area contributed by atoms with Gasteiger partial charge in [0.2, 0.25) is 0 Å². The number of rotatable bonds is 0. The van der Waals surface area contributed by atoms with Gasteiger partial charge in [-0.15, -0.1) is 11.3 Å². The van der Waals surface area contributed by atoms with Crippen LogP contribution in [0.3, 0.4) is 0 Å². The molecule has 0 amide bonds. The number of pyridine rings is 1. The van der Waals surface area contributed by atoms with E-state index in [2.05, 4.69) is 26.6 Å². The molecule has 0 aromatic carbocycles. The summed E-state index contributed by atoms with van der Waals surface area (Å²) in [6, 6.07) is 2.21. The first kappa shape index (κ1) is 8.47. The van der Waals surface area contributed by atoms with Crippen LogP contribution in [0.1, 0.15) is 10.4 Å². The Bertz CT molecular complexity index is 680. The van der Waals surface area contributed by atoms with E-state index in [0.717, 1.165) is 23.9 Å². The van der Waals surface area contributed by atoms with Gasteiger partial charge in [-0.3, -0.25) is 5.10 Å². The number of aromatic amines is 1. The fraction of sp³-hybridized carbons (Fsp3) is 0.167. The molecule has 3 aromatic rings. The normalized spacial score (nSPS) is 13.8. The molecule has 1 aliphatic carbocycles. The van der Waals surface area contributed by atoms with Crippen LogP contribution in [0.25, 0.3) is 22.2 Å². The van der Waals surface area contributed by atoms with Crippen LogP contribution < -0.4 is 0 Å². The first-order valence-electron chi connectivity index (χ1n) is 5.31. The molecule has 0 saturated heterocycles. The van der Waals surface area contributed by atoms with Gasteiger partial charge in [0.15, 0.2) is 5.65 Å². The second kappa shape index (κ2) is 2.92. The van der Waals surface area contributed by atoms with Gasteiger partial charge in [0.1, 0.15) is 0 Å². The summed E-state index contributed by atoms with van der Waals surface area (Å²) >= 11 is 1.85. The second-order valence-corrected chi connectivity index (χ2v) is 5.05. The van der Waals surface area contributed by atoms with Crippen LogP contribution in [0.2, 0.25) is 0 Å². The van der Waals surface area contributed by atoms with E-state index in [-0.39, 0.29) is 0 Å². The number of nitrogens with one attached hydrogen (secondary N) is 1. The third kappa shape index (κ3) is 0.971. The highest BCUT2D eigenvalue weighted by Crippen LogP contribution is 2.39. The van der Waals surface area contributed by atoms with E-state index in [1.807, 2.05) is 23.7 Å². The highest BCUT2D eigenvalue weighted by molar-refractivity contribution is 7.10. The van der Waals surface area contributed by atoms with Crippen molar-refractivity contribution >= 4 is 22.4 Å². The van der Waals surface area contributed by atoms with Crippen LogP contribution in [0.4, 0.5) is 0 Å². The summed E-state index contributed by atoms with van der Waals surface area (Å²) in [4.78, 5) is 5.88. The van der Waals surface area contributed by atoms with Crippen molar-refractivity contribution in [2.45, 2.75) is 12.8 Å². The number of thiophene rings is 1. The summed E-state index contributed by atoms with van der Waals surface area (Å²) in [5, 5.41) is 10.3. The molecule has 0 radical (unpaired) electrons. The minimum absolute atomic E-state index is 0.887. The van der Waals surface area contributed by atoms with E-state index in [1.54, 1.807) is 0 Å². The number of aryl methyl sites for hydroxylation is 2. The molecule has 0 atom stereocenters. The van der Waals surface area contributed by atoms with Crippen molar-refractivity contribution in [3.8, 4) is 11.1 Å². The second-order valence-electron chi connectivity index (χ2n) is 4.05. The van der Waals surface area contributed by atoms with Crippen LogP contribution in [0.5, 0.6) is 0 Å². The monoisotopic (exact) mass is 227 g/mol. The lowest BCUT2D eigenvalue weighted by Crippen LogP contribution is -2.02. The van der Waals surface area contributed by atoms with E-state index in [0.29, 0.717) is 0 Å². The van der Waals surface area contributed by atoms with Crippen LogP contribution in [0.15, 0.2) is 23.8 Å². The van der Waals surface area contributed by atoms with Gasteiger partial charge < -0.3 is 0 Å². The Balaban J connectivity index is 2.18. The summed E-state index contributed by atoms with van der Waals surface area (Å²) in [7, 11) is 0. The Labute approximate surface area is 96.2 Å². The molecule has 16 heavy (non-hydrogen) atoms. The Morgan fingerprint density at radius 3 is 3.25 bits per heavy atom. The van der Waals surface area contributed by atoms with E-state index in [9.17, 15) is 0 Å². The third-order valence-corrected chi connectivity index (χ3v) is 4.18. The fourth-order valence-corrected chi connectivity index (χ4v) is 3.34. The molecule has 4 rings (SSSR count). The molecule has 0 aliphatic heterocycles. The lowest BCUT2D eigenvalue weighted by Gasteiger charge is -2.16. The molecule has 0 bridgehead atoms. The predicted octanol–water partition coefficient (Wildman–Crippen LogP) is 2.79. The van der Waals surface area contributed by atoms with Gasteiger partial charge in [-0.05, 0) is 35.4 Å². The standard InChI is InChI=1S/C12H9N3S/c1-2-10-8(3-4-16-10)11-7(1)5-13-12-9(11)6-14-15-12/h3-6H,1-2H2,(H,13,14,15). The zero-order chi connectivity index (χ0) is 10.5. The maximum atomic E-state index is 4.40. The summed E-state index contributed by atoms with van der Waals surface area (Å²) < 4.78 is 0. The lowest BCUT2D eigenvalue weighted by atomic mass is 9.90. The minimum Gasteiger partial charge on any atom is -0.261 e. The molecule has 78 valence electrons. The molecule has 3 aromatic heterocycles. The average Bonchev–Trinajstić information content (AvgIpc) is 2.96. The number of nitrogens with zero attached hydrogens (tertiary/aromatic N) is 2. The van der Waals surface area contributed by atoms with Gasteiger partial charge in [0.05, 0.1) is 6.20 Å². The zero-order valence-corrected chi connectivity index (χ0v) is 9.34. The molecule has 0 spiro atoms. The summed E-state index contributed by atoms with van der Waals surface area (Å²) in [5.41, 5.74) is 4.94. The van der Waals surface area contributed by atoms with Crippen LogP contribution >= 0.6 is 11.3 Å². The van der Waals surface area contributed by atoms with Crippen molar-refractivity contribution < 1.29 is 0 Å². The highest BCUT2D eigenvalue weighted by Gasteiger charge is 2.20. The molecule has 4 heteroatoms. The first-order valence-corrected chi connectivity index (χ1v) is 6.19. The lowest BCUT2D eigenvalue weighted by molar-refractivity contribution is 0.957. The zero-order valence-electron chi connectivity index (χ0n) is 8.53. The van der Waals surface area contributed by atoms with Crippen molar-refractivity contribution in [1.29, 1.82) is 0 Å². The largest absolute Gasteiger partial charge is 0.261 e. The summed E-state index contributed by atoms with van der Waals surface area (Å²) in [6.45, 7) is 0. The van der Waals surface area contributed by atoms with Gasteiger partial charge in [0.25, 0.3) is 0 Å². The highest BCUT2D eigenvalue weighted by atomic mass is 32.1. The van der Waals surface area contributed by atoms with E-state index < -0.39 is 0 Å². The molecule has 0 unspecified atom stereocenters. The van der Waals surface area contributed by atoms with Crippen molar-refractivity contribution in [2.75, 3.05) is 0 Å². The molecule has 1 aliphatic rings. The predicted molar refractivity (Wildman–Crippen MR) is 64.6 cm³/mol. The SMILES string of the molecule is c1cc2c(s1)CCc1cnc3[nH]ncc3c1-2. The molecular formula is C12H9N3S.